The molecule has 18 heavy (non-hydrogen) atoms. The summed E-state index contributed by atoms with van der Waals surface area (Å²) >= 11 is 6.06. The first-order valence-electron chi connectivity index (χ1n) is 6.53. The van der Waals surface area contributed by atoms with Gasteiger partial charge in [-0.15, -0.1) is 0 Å². The highest BCUT2D eigenvalue weighted by Crippen LogP contribution is 2.28. The zero-order valence-electron chi connectivity index (χ0n) is 10.8. The molecular weight excluding hydrogens is 248 g/mol. The van der Waals surface area contributed by atoms with Gasteiger partial charge in [0.1, 0.15) is 0 Å². The Hall–Kier alpha value is -0.770. The van der Waals surface area contributed by atoms with Gasteiger partial charge in [0.05, 0.1) is 0 Å². The van der Waals surface area contributed by atoms with Crippen LogP contribution in [-0.2, 0) is 6.54 Å². The number of hydrogen-bond acceptors (Lipinski definition) is 3. The maximum Gasteiger partial charge on any atom is 0.0460 e. The molecule has 1 aromatic carbocycles. The number of benzene rings is 1. The van der Waals surface area contributed by atoms with E-state index < -0.39 is 0 Å². The lowest BCUT2D eigenvalue weighted by molar-refractivity contribution is 0.203. The number of nitrogens with zero attached hydrogens (tertiary/aromatic N) is 1. The van der Waals surface area contributed by atoms with Crippen molar-refractivity contribution in [2.24, 2.45) is 5.92 Å². The summed E-state index contributed by atoms with van der Waals surface area (Å²) in [6, 6.07) is 6.09. The maximum absolute atomic E-state index is 9.18. The molecule has 0 unspecified atom stereocenters. The molecule has 0 spiro atoms. The van der Waals surface area contributed by atoms with Crippen LogP contribution < -0.4 is 10.2 Å². The molecule has 0 aliphatic carbocycles. The van der Waals surface area contributed by atoms with Crippen molar-refractivity contribution in [2.75, 3.05) is 31.6 Å². The number of hydrogen-bond donors (Lipinski definition) is 2. The van der Waals surface area contributed by atoms with Crippen molar-refractivity contribution in [1.29, 1.82) is 0 Å². The minimum Gasteiger partial charge on any atom is -0.396 e. The van der Waals surface area contributed by atoms with Crippen LogP contribution in [0.15, 0.2) is 18.2 Å². The molecule has 1 aromatic rings. The number of anilines is 1. The fourth-order valence-corrected chi connectivity index (χ4v) is 2.75. The average molecular weight is 269 g/mol. The maximum atomic E-state index is 9.18. The molecule has 4 heteroatoms. The molecule has 0 bridgehead atoms. The van der Waals surface area contributed by atoms with Gasteiger partial charge in [-0.3, -0.25) is 0 Å². The zero-order chi connectivity index (χ0) is 13.0. The van der Waals surface area contributed by atoms with E-state index in [1.165, 1.54) is 11.3 Å². The van der Waals surface area contributed by atoms with Crippen molar-refractivity contribution in [3.63, 3.8) is 0 Å². The molecule has 100 valence electrons. The van der Waals surface area contributed by atoms with Crippen molar-refractivity contribution < 1.29 is 5.11 Å². The van der Waals surface area contributed by atoms with Crippen LogP contribution in [0.5, 0.6) is 0 Å². The Morgan fingerprint density at radius 2 is 2.11 bits per heavy atom. The third kappa shape index (κ3) is 3.16. The fraction of sp³-hybridized carbons (Fsp3) is 0.571. The summed E-state index contributed by atoms with van der Waals surface area (Å²) in [5.74, 6) is 0.473. The summed E-state index contributed by atoms with van der Waals surface area (Å²) in [7, 11) is 1.95. The predicted molar refractivity (Wildman–Crippen MR) is 76.2 cm³/mol. The molecule has 0 atom stereocenters. The largest absolute Gasteiger partial charge is 0.396 e. The van der Waals surface area contributed by atoms with E-state index in [9.17, 15) is 5.11 Å². The lowest BCUT2D eigenvalue weighted by Gasteiger charge is -2.34. The van der Waals surface area contributed by atoms with Gasteiger partial charge in [0.15, 0.2) is 0 Å². The Kier molecular flexibility index (Phi) is 4.87. The summed E-state index contributed by atoms with van der Waals surface area (Å²) in [6.07, 6.45) is 2.14. The second kappa shape index (κ2) is 6.41. The number of nitrogens with one attached hydrogen (secondary N) is 1. The van der Waals surface area contributed by atoms with E-state index in [4.69, 9.17) is 11.6 Å². The summed E-state index contributed by atoms with van der Waals surface area (Å²) in [4.78, 5) is 2.40. The highest BCUT2D eigenvalue weighted by atomic mass is 35.5. The number of rotatable bonds is 4. The van der Waals surface area contributed by atoms with Gasteiger partial charge in [0, 0.05) is 37.0 Å². The number of aliphatic hydroxyl groups is 1. The highest BCUT2D eigenvalue weighted by molar-refractivity contribution is 6.30. The van der Waals surface area contributed by atoms with Gasteiger partial charge in [-0.25, -0.2) is 0 Å². The van der Waals surface area contributed by atoms with Crippen molar-refractivity contribution in [2.45, 2.75) is 19.4 Å². The third-order valence-electron chi connectivity index (χ3n) is 3.62. The van der Waals surface area contributed by atoms with Crippen molar-refractivity contribution in [3.8, 4) is 0 Å². The highest BCUT2D eigenvalue weighted by Gasteiger charge is 2.20. The van der Waals surface area contributed by atoms with E-state index in [-0.39, 0.29) is 0 Å². The van der Waals surface area contributed by atoms with E-state index in [2.05, 4.69) is 16.3 Å². The zero-order valence-corrected chi connectivity index (χ0v) is 11.6. The molecule has 1 saturated heterocycles. The van der Waals surface area contributed by atoms with Crippen LogP contribution in [0, 0.1) is 5.92 Å². The second-order valence-electron chi connectivity index (χ2n) is 4.92. The minimum absolute atomic E-state index is 0.317. The summed E-state index contributed by atoms with van der Waals surface area (Å²) in [5, 5.41) is 13.1. The van der Waals surface area contributed by atoms with Crippen LogP contribution in [0.4, 0.5) is 5.69 Å². The molecule has 0 aromatic heterocycles. The molecule has 0 radical (unpaired) electrons. The van der Waals surface area contributed by atoms with Gasteiger partial charge < -0.3 is 15.3 Å². The number of piperidine rings is 1. The SMILES string of the molecule is CNCc1cc(Cl)ccc1N1CCC(CO)CC1. The first kappa shape index (κ1) is 13.7. The Balaban J connectivity index is 2.13. The smallest absolute Gasteiger partial charge is 0.0460 e. The lowest BCUT2D eigenvalue weighted by Crippen LogP contribution is -2.35. The monoisotopic (exact) mass is 268 g/mol. The molecular formula is C14H21ClN2O. The molecule has 0 amide bonds. The number of aliphatic hydroxyl groups excluding tert-OH is 1. The van der Waals surface area contributed by atoms with Gasteiger partial charge in [-0.05, 0) is 49.6 Å². The van der Waals surface area contributed by atoms with Crippen molar-refractivity contribution in [1.82, 2.24) is 5.32 Å². The van der Waals surface area contributed by atoms with E-state index in [1.54, 1.807) is 0 Å². The minimum atomic E-state index is 0.317. The van der Waals surface area contributed by atoms with Gasteiger partial charge in [-0.2, -0.15) is 0 Å². The van der Waals surface area contributed by atoms with Crippen LogP contribution >= 0.6 is 11.6 Å². The Morgan fingerprint density at radius 3 is 2.72 bits per heavy atom. The molecule has 1 heterocycles. The third-order valence-corrected chi connectivity index (χ3v) is 3.86. The molecule has 0 saturated carbocycles. The Labute approximate surface area is 114 Å². The summed E-state index contributed by atoms with van der Waals surface area (Å²) < 4.78 is 0. The average Bonchev–Trinajstić information content (AvgIpc) is 2.40. The van der Waals surface area contributed by atoms with Crippen LogP contribution in [0.25, 0.3) is 0 Å². The van der Waals surface area contributed by atoms with Crippen LogP contribution in [-0.4, -0.2) is 31.9 Å². The van der Waals surface area contributed by atoms with E-state index in [0.29, 0.717) is 12.5 Å². The van der Waals surface area contributed by atoms with Gasteiger partial charge in [0.2, 0.25) is 0 Å². The molecule has 1 aliphatic heterocycles. The second-order valence-corrected chi connectivity index (χ2v) is 5.35. The standard InChI is InChI=1S/C14H21ClN2O/c1-16-9-12-8-13(15)2-3-14(12)17-6-4-11(10-18)5-7-17/h2-3,8,11,16,18H,4-7,9-10H2,1H3. The molecule has 1 fully saturated rings. The predicted octanol–water partition coefficient (Wildman–Crippen LogP) is 2.27. The van der Waals surface area contributed by atoms with Crippen LogP contribution in [0.1, 0.15) is 18.4 Å². The van der Waals surface area contributed by atoms with Crippen LogP contribution in [0.3, 0.4) is 0 Å². The van der Waals surface area contributed by atoms with Crippen LogP contribution in [0.2, 0.25) is 5.02 Å². The Bertz CT molecular complexity index is 389. The molecule has 3 nitrogen and oxygen atoms in total. The lowest BCUT2D eigenvalue weighted by atomic mass is 9.97. The first-order chi connectivity index (χ1) is 8.74. The normalized spacial score (nSPS) is 17.2. The molecule has 2 N–H and O–H groups in total. The van der Waals surface area contributed by atoms with Gasteiger partial charge in [-0.1, -0.05) is 11.6 Å². The van der Waals surface area contributed by atoms with E-state index in [1.807, 2.05) is 19.2 Å². The topological polar surface area (TPSA) is 35.5 Å². The summed E-state index contributed by atoms with van der Waals surface area (Å²) in [5.41, 5.74) is 2.51. The fourth-order valence-electron chi connectivity index (χ4n) is 2.55. The molecule has 2 rings (SSSR count). The van der Waals surface area contributed by atoms with E-state index >= 15 is 0 Å². The first-order valence-corrected chi connectivity index (χ1v) is 6.91. The summed E-state index contributed by atoms with van der Waals surface area (Å²) in [6.45, 7) is 3.18. The number of halogens is 1. The Morgan fingerprint density at radius 1 is 1.39 bits per heavy atom. The van der Waals surface area contributed by atoms with Gasteiger partial charge in [0.25, 0.3) is 0 Å². The van der Waals surface area contributed by atoms with Gasteiger partial charge >= 0.3 is 0 Å². The quantitative estimate of drug-likeness (QED) is 0.879. The molecule has 1 aliphatic rings. The van der Waals surface area contributed by atoms with Crippen molar-refractivity contribution >= 4 is 17.3 Å². The van der Waals surface area contributed by atoms with Crippen molar-refractivity contribution in [3.05, 3.63) is 28.8 Å². The van der Waals surface area contributed by atoms with E-state index in [0.717, 1.165) is 37.5 Å².